The lowest BCUT2D eigenvalue weighted by molar-refractivity contribution is 0.0839. The van der Waals surface area contributed by atoms with Crippen LogP contribution in [-0.4, -0.2) is 39.2 Å². The highest BCUT2D eigenvalue weighted by atomic mass is 32.2. The first-order valence-electron chi connectivity index (χ1n) is 3.93. The van der Waals surface area contributed by atoms with Crippen LogP contribution in [0.4, 0.5) is 0 Å². The van der Waals surface area contributed by atoms with Gasteiger partial charge in [-0.25, -0.2) is 8.42 Å². The molecular formula is C8H15NO2S. The Labute approximate surface area is 74.0 Å². The molecule has 0 saturated carbocycles. The molecule has 12 heavy (non-hydrogen) atoms. The molecule has 1 rings (SSSR count). The lowest BCUT2D eigenvalue weighted by Crippen LogP contribution is -2.53. The Bertz CT molecular complexity index is 294. The van der Waals surface area contributed by atoms with Gasteiger partial charge < -0.3 is 4.90 Å². The van der Waals surface area contributed by atoms with E-state index in [4.69, 9.17) is 0 Å². The first kappa shape index (κ1) is 9.74. The number of rotatable bonds is 2. The van der Waals surface area contributed by atoms with Crippen LogP contribution in [0.2, 0.25) is 0 Å². The first-order chi connectivity index (χ1) is 5.34. The van der Waals surface area contributed by atoms with Gasteiger partial charge >= 0.3 is 0 Å². The topological polar surface area (TPSA) is 37.4 Å². The summed E-state index contributed by atoms with van der Waals surface area (Å²) in [4.78, 5) is 2.49. The maximum atomic E-state index is 11.1. The fourth-order valence-electron chi connectivity index (χ4n) is 1.44. The maximum absolute atomic E-state index is 11.1. The van der Waals surface area contributed by atoms with Crippen LogP contribution in [-0.2, 0) is 9.84 Å². The molecular weight excluding hydrogens is 174 g/mol. The van der Waals surface area contributed by atoms with Crippen molar-refractivity contribution >= 4 is 9.84 Å². The van der Waals surface area contributed by atoms with E-state index in [0.717, 1.165) is 6.54 Å². The van der Waals surface area contributed by atoms with Gasteiger partial charge in [-0.15, -0.1) is 0 Å². The van der Waals surface area contributed by atoms with Gasteiger partial charge in [0.1, 0.15) is 0 Å². The molecule has 0 aromatic carbocycles. The van der Waals surface area contributed by atoms with E-state index in [2.05, 4.69) is 11.5 Å². The van der Waals surface area contributed by atoms with Gasteiger partial charge in [0.25, 0.3) is 0 Å². The van der Waals surface area contributed by atoms with Crippen LogP contribution in [0.5, 0.6) is 0 Å². The molecule has 0 N–H and O–H groups in total. The van der Waals surface area contributed by atoms with Crippen molar-refractivity contribution in [2.75, 3.05) is 19.8 Å². The smallest absolute Gasteiger partial charge is 0.171 e. The summed E-state index contributed by atoms with van der Waals surface area (Å²) in [6.07, 6.45) is 1.22. The number of sulfone groups is 1. The van der Waals surface area contributed by atoms with Crippen molar-refractivity contribution in [2.45, 2.75) is 13.0 Å². The molecule has 70 valence electrons. The fraction of sp³-hybridized carbons (Fsp3) is 0.750. The van der Waals surface area contributed by atoms with Gasteiger partial charge in [0.15, 0.2) is 9.84 Å². The molecule has 1 aliphatic rings. The monoisotopic (exact) mass is 189 g/mol. The third kappa shape index (κ3) is 1.54. The first-order valence-corrected chi connectivity index (χ1v) is 5.82. The van der Waals surface area contributed by atoms with Gasteiger partial charge in [-0.2, -0.15) is 0 Å². The SMILES string of the molecule is C=C([C@H]1CN(C)[C@@H]1C)S(C)(=O)=O. The zero-order valence-corrected chi connectivity index (χ0v) is 8.56. The summed E-state index contributed by atoms with van der Waals surface area (Å²) in [6.45, 7) is 6.45. The van der Waals surface area contributed by atoms with Gasteiger partial charge in [0, 0.05) is 29.7 Å². The van der Waals surface area contributed by atoms with Crippen LogP contribution in [0.15, 0.2) is 11.5 Å². The Kier molecular flexibility index (Phi) is 2.31. The second-order valence-corrected chi connectivity index (χ2v) is 5.59. The van der Waals surface area contributed by atoms with Gasteiger partial charge in [-0.1, -0.05) is 6.58 Å². The van der Waals surface area contributed by atoms with Crippen LogP contribution < -0.4 is 0 Å². The molecule has 4 heteroatoms. The molecule has 1 aliphatic heterocycles. The number of hydrogen-bond donors (Lipinski definition) is 0. The van der Waals surface area contributed by atoms with Crippen molar-refractivity contribution in [3.63, 3.8) is 0 Å². The highest BCUT2D eigenvalue weighted by Crippen LogP contribution is 2.30. The second kappa shape index (κ2) is 2.85. The third-order valence-electron chi connectivity index (χ3n) is 2.65. The van der Waals surface area contributed by atoms with Gasteiger partial charge in [0.05, 0.1) is 0 Å². The molecule has 0 bridgehead atoms. The zero-order chi connectivity index (χ0) is 9.52. The molecule has 0 aromatic rings. The Hall–Kier alpha value is -0.350. The Balaban J connectivity index is 2.70. The van der Waals surface area contributed by atoms with Gasteiger partial charge in [0.2, 0.25) is 0 Å². The lowest BCUT2D eigenvalue weighted by Gasteiger charge is -2.44. The highest BCUT2D eigenvalue weighted by Gasteiger charge is 2.37. The molecule has 0 amide bonds. The lowest BCUT2D eigenvalue weighted by atomic mass is 9.91. The summed E-state index contributed by atoms with van der Waals surface area (Å²) in [5.41, 5.74) is 0. The molecule has 3 nitrogen and oxygen atoms in total. The summed E-state index contributed by atoms with van der Waals surface area (Å²) in [6, 6.07) is 0.312. The molecule has 1 saturated heterocycles. The average molecular weight is 189 g/mol. The normalized spacial score (nSPS) is 31.2. The van der Waals surface area contributed by atoms with Crippen LogP contribution in [0.1, 0.15) is 6.92 Å². The Morgan fingerprint density at radius 3 is 2.33 bits per heavy atom. The number of hydrogen-bond acceptors (Lipinski definition) is 3. The predicted molar refractivity (Wildman–Crippen MR) is 49.6 cm³/mol. The van der Waals surface area contributed by atoms with E-state index in [1.165, 1.54) is 6.26 Å². The van der Waals surface area contributed by atoms with Crippen LogP contribution in [0.3, 0.4) is 0 Å². The Morgan fingerprint density at radius 1 is 1.58 bits per heavy atom. The van der Waals surface area contributed by atoms with Crippen LogP contribution in [0.25, 0.3) is 0 Å². The van der Waals surface area contributed by atoms with Crippen molar-refractivity contribution in [1.82, 2.24) is 4.90 Å². The number of nitrogens with zero attached hydrogens (tertiary/aromatic N) is 1. The largest absolute Gasteiger partial charge is 0.302 e. The minimum Gasteiger partial charge on any atom is -0.302 e. The minimum absolute atomic E-state index is 0.130. The molecule has 0 spiro atoms. The summed E-state index contributed by atoms with van der Waals surface area (Å²) in [5, 5.41) is 0. The summed E-state index contributed by atoms with van der Waals surface area (Å²) < 4.78 is 22.2. The van der Waals surface area contributed by atoms with Crippen LogP contribution >= 0.6 is 0 Å². The molecule has 2 atom stereocenters. The van der Waals surface area contributed by atoms with Crippen molar-refractivity contribution in [3.05, 3.63) is 11.5 Å². The van der Waals surface area contributed by atoms with E-state index in [-0.39, 0.29) is 5.92 Å². The Morgan fingerprint density at radius 2 is 2.08 bits per heavy atom. The van der Waals surface area contributed by atoms with E-state index in [9.17, 15) is 8.42 Å². The molecule has 0 unspecified atom stereocenters. The van der Waals surface area contributed by atoms with Gasteiger partial charge in [-0.05, 0) is 14.0 Å². The zero-order valence-electron chi connectivity index (χ0n) is 7.74. The van der Waals surface area contributed by atoms with Crippen molar-refractivity contribution in [1.29, 1.82) is 0 Å². The molecule has 0 aliphatic carbocycles. The fourth-order valence-corrected chi connectivity index (χ4v) is 2.27. The summed E-state index contributed by atoms with van der Waals surface area (Å²) in [5.74, 6) is 0.130. The van der Waals surface area contributed by atoms with E-state index in [0.29, 0.717) is 10.9 Å². The average Bonchev–Trinajstić information content (AvgIpc) is 1.96. The molecule has 0 aromatic heterocycles. The van der Waals surface area contributed by atoms with Gasteiger partial charge in [-0.3, -0.25) is 0 Å². The minimum atomic E-state index is -3.04. The van der Waals surface area contributed by atoms with E-state index in [1.54, 1.807) is 0 Å². The predicted octanol–water partition coefficient (Wildman–Crippen LogP) is 0.495. The number of likely N-dealkylation sites (tertiary alicyclic amines) is 1. The van der Waals surface area contributed by atoms with E-state index >= 15 is 0 Å². The molecule has 0 radical (unpaired) electrons. The van der Waals surface area contributed by atoms with E-state index < -0.39 is 9.84 Å². The maximum Gasteiger partial charge on any atom is 0.171 e. The third-order valence-corrected chi connectivity index (χ3v) is 3.91. The highest BCUT2D eigenvalue weighted by molar-refractivity contribution is 7.94. The quantitative estimate of drug-likeness (QED) is 0.634. The van der Waals surface area contributed by atoms with Crippen LogP contribution in [0, 0.1) is 5.92 Å². The van der Waals surface area contributed by atoms with E-state index in [1.807, 2.05) is 14.0 Å². The standard InChI is InChI=1S/C8H15NO2S/c1-6-8(5-9(6)3)7(2)12(4,10)11/h6,8H,2,5H2,1,3-4H3/t6-,8+/m1/s1. The van der Waals surface area contributed by atoms with Crippen molar-refractivity contribution in [3.8, 4) is 0 Å². The van der Waals surface area contributed by atoms with Crippen molar-refractivity contribution in [2.24, 2.45) is 5.92 Å². The van der Waals surface area contributed by atoms with Crippen molar-refractivity contribution < 1.29 is 8.42 Å². The second-order valence-electron chi connectivity index (χ2n) is 3.53. The molecule has 1 fully saturated rings. The molecule has 1 heterocycles. The summed E-state index contributed by atoms with van der Waals surface area (Å²) in [7, 11) is -1.06. The summed E-state index contributed by atoms with van der Waals surface area (Å²) >= 11 is 0.